The first kappa shape index (κ1) is 33.6. The standard InChI is InChI=1S/C26H35Cl3N2O10/c1-4-10-36-23(33)30-17(12-35-11-16-8-6-5-7-9-16)13-37-22-19(31-24(34)38-15-26(27,28)29)20(32)21-18(40-22)14-39-25(2,3)41-21/h4-9,17-22,32H,1,10-15H2,2-3H3,(H,30,33)(H,31,34)/t17-,18+,19+,20+,21+,22+/m0/s1. The van der Waals surface area contributed by atoms with E-state index in [-0.39, 0.29) is 33.0 Å². The van der Waals surface area contributed by atoms with Gasteiger partial charge in [0.1, 0.15) is 37.6 Å². The van der Waals surface area contributed by atoms with E-state index < -0.39 is 65.1 Å². The Hall–Kier alpha value is -1.87. The van der Waals surface area contributed by atoms with Crippen LogP contribution in [-0.2, 0) is 39.8 Å². The van der Waals surface area contributed by atoms with E-state index in [1.165, 1.54) is 6.08 Å². The Bertz CT molecular complexity index is 997. The molecule has 2 fully saturated rings. The van der Waals surface area contributed by atoms with Gasteiger partial charge in [0.25, 0.3) is 0 Å². The van der Waals surface area contributed by atoms with Crippen LogP contribution in [0.2, 0.25) is 0 Å². The first-order valence-electron chi connectivity index (χ1n) is 12.8. The molecule has 3 N–H and O–H groups in total. The molecule has 2 saturated heterocycles. The van der Waals surface area contributed by atoms with Crippen molar-refractivity contribution in [2.75, 3.05) is 33.0 Å². The number of aliphatic hydroxyl groups is 1. The third-order valence-electron chi connectivity index (χ3n) is 5.89. The number of alkyl carbamates (subject to hydrolysis) is 2. The second kappa shape index (κ2) is 15.6. The number of benzene rings is 1. The summed E-state index contributed by atoms with van der Waals surface area (Å²) in [7, 11) is 0. The van der Waals surface area contributed by atoms with Crippen molar-refractivity contribution in [3.8, 4) is 0 Å². The fourth-order valence-electron chi connectivity index (χ4n) is 4.04. The number of hydrogen-bond acceptors (Lipinski definition) is 10. The summed E-state index contributed by atoms with van der Waals surface area (Å²) < 4.78 is 37.5. The SMILES string of the molecule is C=CCOC(=O)N[C@@H](COCc1ccccc1)CO[C@@H]1O[C@@H]2COC(C)(C)O[C@H]2[C@H](O)[C@H]1NC(=O)OCC(Cl)(Cl)Cl. The minimum atomic E-state index is -1.84. The van der Waals surface area contributed by atoms with Crippen molar-refractivity contribution >= 4 is 47.0 Å². The molecule has 15 heteroatoms. The van der Waals surface area contributed by atoms with Crippen molar-refractivity contribution in [2.24, 2.45) is 0 Å². The number of carbonyl (C=O) groups excluding carboxylic acids is 2. The highest BCUT2D eigenvalue weighted by atomic mass is 35.6. The van der Waals surface area contributed by atoms with Crippen molar-refractivity contribution in [1.29, 1.82) is 0 Å². The predicted molar refractivity (Wildman–Crippen MR) is 149 cm³/mol. The molecule has 6 atom stereocenters. The van der Waals surface area contributed by atoms with Gasteiger partial charge in [0.05, 0.1) is 32.5 Å². The molecule has 0 aliphatic carbocycles. The lowest BCUT2D eigenvalue weighted by molar-refractivity contribution is -0.369. The number of carbonyl (C=O) groups is 2. The lowest BCUT2D eigenvalue weighted by atomic mass is 9.95. The summed E-state index contributed by atoms with van der Waals surface area (Å²) in [6.45, 7) is 6.63. The van der Waals surface area contributed by atoms with E-state index in [0.717, 1.165) is 5.56 Å². The molecule has 2 aliphatic heterocycles. The largest absolute Gasteiger partial charge is 0.445 e. The van der Waals surface area contributed by atoms with Gasteiger partial charge in [-0.25, -0.2) is 9.59 Å². The summed E-state index contributed by atoms with van der Waals surface area (Å²) in [4.78, 5) is 24.8. The van der Waals surface area contributed by atoms with E-state index in [9.17, 15) is 14.7 Å². The zero-order valence-electron chi connectivity index (χ0n) is 22.6. The van der Waals surface area contributed by atoms with E-state index in [2.05, 4.69) is 17.2 Å². The van der Waals surface area contributed by atoms with Gasteiger partial charge >= 0.3 is 12.2 Å². The lowest BCUT2D eigenvalue weighted by Crippen LogP contribution is -2.68. The first-order chi connectivity index (χ1) is 19.4. The van der Waals surface area contributed by atoms with E-state index in [0.29, 0.717) is 0 Å². The second-order valence-electron chi connectivity index (χ2n) is 9.75. The van der Waals surface area contributed by atoms with E-state index in [4.69, 9.17) is 68.0 Å². The van der Waals surface area contributed by atoms with Crippen LogP contribution < -0.4 is 10.6 Å². The van der Waals surface area contributed by atoms with Gasteiger partial charge in [-0.05, 0) is 19.4 Å². The Kier molecular flexibility index (Phi) is 12.8. The third-order valence-corrected chi connectivity index (χ3v) is 6.21. The van der Waals surface area contributed by atoms with E-state index in [1.54, 1.807) is 13.8 Å². The molecule has 0 aromatic heterocycles. The highest BCUT2D eigenvalue weighted by molar-refractivity contribution is 6.67. The molecular weight excluding hydrogens is 607 g/mol. The predicted octanol–water partition coefficient (Wildman–Crippen LogP) is 3.20. The van der Waals surface area contributed by atoms with Crippen LogP contribution in [0.4, 0.5) is 9.59 Å². The highest BCUT2D eigenvalue weighted by Crippen LogP contribution is 2.33. The topological polar surface area (TPSA) is 143 Å². The van der Waals surface area contributed by atoms with Crippen LogP contribution in [-0.4, -0.2) is 96.6 Å². The summed E-state index contributed by atoms with van der Waals surface area (Å²) >= 11 is 17.0. The molecule has 0 spiro atoms. The molecule has 2 aliphatic rings. The maximum absolute atomic E-state index is 12.5. The summed E-state index contributed by atoms with van der Waals surface area (Å²) in [5, 5.41) is 16.4. The summed E-state index contributed by atoms with van der Waals surface area (Å²) in [6, 6.07) is 7.58. The van der Waals surface area contributed by atoms with Crippen LogP contribution in [0.25, 0.3) is 0 Å². The average Bonchev–Trinajstić information content (AvgIpc) is 2.91. The fourth-order valence-corrected chi connectivity index (χ4v) is 4.21. The van der Waals surface area contributed by atoms with Crippen molar-refractivity contribution in [2.45, 2.75) is 66.7 Å². The van der Waals surface area contributed by atoms with Crippen molar-refractivity contribution in [1.82, 2.24) is 10.6 Å². The normalized spacial score (nSPS) is 26.2. The van der Waals surface area contributed by atoms with Crippen LogP contribution in [0.15, 0.2) is 43.0 Å². The Morgan fingerprint density at radius 3 is 2.61 bits per heavy atom. The molecule has 0 radical (unpaired) electrons. The van der Waals surface area contributed by atoms with Gasteiger partial charge in [0.15, 0.2) is 12.1 Å². The molecule has 0 bridgehead atoms. The Morgan fingerprint density at radius 2 is 1.93 bits per heavy atom. The number of ether oxygens (including phenoxy) is 7. The number of aliphatic hydroxyl groups excluding tert-OH is 1. The molecule has 1 aromatic carbocycles. The second-order valence-corrected chi connectivity index (χ2v) is 12.3. The van der Waals surface area contributed by atoms with Crippen LogP contribution in [0.3, 0.4) is 0 Å². The van der Waals surface area contributed by atoms with E-state index >= 15 is 0 Å². The van der Waals surface area contributed by atoms with Gasteiger partial charge in [-0.15, -0.1) is 0 Å². The smallest absolute Gasteiger partial charge is 0.407 e. The number of fused-ring (bicyclic) bond motifs is 1. The number of alkyl halides is 3. The summed E-state index contributed by atoms with van der Waals surface area (Å²) in [5.74, 6) is -1.00. The zero-order valence-corrected chi connectivity index (χ0v) is 24.9. The van der Waals surface area contributed by atoms with Gasteiger partial charge in [0, 0.05) is 0 Å². The van der Waals surface area contributed by atoms with Crippen molar-refractivity contribution < 1.29 is 47.9 Å². The van der Waals surface area contributed by atoms with Gasteiger partial charge in [0.2, 0.25) is 3.79 Å². The molecule has 1 aromatic rings. The molecule has 3 rings (SSSR count). The minimum absolute atomic E-state index is 0.00390. The molecule has 12 nitrogen and oxygen atoms in total. The maximum Gasteiger partial charge on any atom is 0.407 e. The third kappa shape index (κ3) is 11.4. The van der Waals surface area contributed by atoms with Crippen LogP contribution in [0.5, 0.6) is 0 Å². The molecule has 0 saturated carbocycles. The number of halogens is 3. The van der Waals surface area contributed by atoms with Crippen molar-refractivity contribution in [3.05, 3.63) is 48.6 Å². The number of amides is 2. The maximum atomic E-state index is 12.5. The van der Waals surface area contributed by atoms with Crippen LogP contribution in [0.1, 0.15) is 19.4 Å². The molecule has 0 unspecified atom stereocenters. The van der Waals surface area contributed by atoms with Gasteiger partial charge in [-0.2, -0.15) is 0 Å². The summed E-state index contributed by atoms with van der Waals surface area (Å²) in [6.07, 6.45) is -4.39. The lowest BCUT2D eigenvalue weighted by Gasteiger charge is -2.49. The molecule has 2 heterocycles. The highest BCUT2D eigenvalue weighted by Gasteiger charge is 2.52. The quantitative estimate of drug-likeness (QED) is 0.230. The molecule has 230 valence electrons. The van der Waals surface area contributed by atoms with Gasteiger partial charge < -0.3 is 48.9 Å². The van der Waals surface area contributed by atoms with E-state index in [1.807, 2.05) is 30.3 Å². The number of rotatable bonds is 12. The Labute approximate surface area is 253 Å². The zero-order chi connectivity index (χ0) is 30.0. The van der Waals surface area contributed by atoms with Gasteiger partial charge in [-0.3, -0.25) is 0 Å². The average molecular weight is 642 g/mol. The Morgan fingerprint density at radius 1 is 1.20 bits per heavy atom. The van der Waals surface area contributed by atoms with Crippen molar-refractivity contribution in [3.63, 3.8) is 0 Å². The van der Waals surface area contributed by atoms with Gasteiger partial charge in [-0.1, -0.05) is 77.8 Å². The Balaban J connectivity index is 1.69. The van der Waals surface area contributed by atoms with Crippen LogP contribution in [0, 0.1) is 0 Å². The number of hydrogen-bond donors (Lipinski definition) is 3. The fraction of sp³-hybridized carbons (Fsp3) is 0.615. The molecular formula is C26H35Cl3N2O10. The van der Waals surface area contributed by atoms with Crippen LogP contribution >= 0.6 is 34.8 Å². The monoisotopic (exact) mass is 640 g/mol. The molecule has 2 amide bonds. The molecule has 41 heavy (non-hydrogen) atoms. The summed E-state index contributed by atoms with van der Waals surface area (Å²) in [5.41, 5.74) is 0.934. The number of nitrogens with one attached hydrogen (secondary N) is 2. The first-order valence-corrected chi connectivity index (χ1v) is 13.9. The minimum Gasteiger partial charge on any atom is -0.445 e.